The lowest BCUT2D eigenvalue weighted by molar-refractivity contribution is 0.407. The topological polar surface area (TPSA) is 9.23 Å². The van der Waals surface area contributed by atoms with Gasteiger partial charge in [-0.15, -0.1) is 6.58 Å². The largest absolute Gasteiger partial charge is 0.496 e. The Kier molecular flexibility index (Phi) is 3.07. The summed E-state index contributed by atoms with van der Waals surface area (Å²) in [6.45, 7) is 5.61. The van der Waals surface area contributed by atoms with Crippen molar-refractivity contribution in [3.05, 3.63) is 42.2 Å². The normalized spacial score (nSPS) is 12.2. The highest BCUT2D eigenvalue weighted by Gasteiger charge is 2.08. The van der Waals surface area contributed by atoms with Crippen LogP contribution in [-0.2, 0) is 0 Å². The van der Waals surface area contributed by atoms with Crippen molar-refractivity contribution in [3.63, 3.8) is 0 Å². The van der Waals surface area contributed by atoms with E-state index in [-0.39, 0.29) is 11.7 Å². The average Bonchev–Trinajstić information content (AvgIpc) is 2.16. The van der Waals surface area contributed by atoms with E-state index in [9.17, 15) is 4.39 Å². The molecular formula is C11H13FO. The Bertz CT molecular complexity index is 307. The highest BCUT2D eigenvalue weighted by molar-refractivity contribution is 5.38. The highest BCUT2D eigenvalue weighted by Crippen LogP contribution is 2.27. The zero-order valence-corrected chi connectivity index (χ0v) is 7.88. The zero-order valence-electron chi connectivity index (χ0n) is 7.88. The molecule has 1 aromatic carbocycles. The molecule has 0 aromatic heterocycles. The summed E-state index contributed by atoms with van der Waals surface area (Å²) in [4.78, 5) is 0. The molecule has 0 saturated carbocycles. The van der Waals surface area contributed by atoms with Crippen molar-refractivity contribution in [1.29, 1.82) is 0 Å². The number of rotatable bonds is 3. The molecular weight excluding hydrogens is 167 g/mol. The third-order valence-electron chi connectivity index (χ3n) is 2.04. The number of methoxy groups -OCH3 is 1. The maximum atomic E-state index is 12.9. The summed E-state index contributed by atoms with van der Waals surface area (Å²) < 4.78 is 18.0. The summed E-state index contributed by atoms with van der Waals surface area (Å²) in [6, 6.07) is 4.49. The van der Waals surface area contributed by atoms with Crippen LogP contribution in [0.2, 0.25) is 0 Å². The number of benzene rings is 1. The molecule has 0 heterocycles. The van der Waals surface area contributed by atoms with E-state index in [1.54, 1.807) is 19.3 Å². The third kappa shape index (κ3) is 2.08. The highest BCUT2D eigenvalue weighted by atomic mass is 19.1. The van der Waals surface area contributed by atoms with Crippen LogP contribution >= 0.6 is 0 Å². The van der Waals surface area contributed by atoms with Gasteiger partial charge in [0.15, 0.2) is 0 Å². The second kappa shape index (κ2) is 4.08. The van der Waals surface area contributed by atoms with Crippen LogP contribution in [0.3, 0.4) is 0 Å². The van der Waals surface area contributed by atoms with E-state index in [4.69, 9.17) is 4.74 Å². The van der Waals surface area contributed by atoms with Gasteiger partial charge in [-0.2, -0.15) is 0 Å². The van der Waals surface area contributed by atoms with Crippen LogP contribution in [-0.4, -0.2) is 7.11 Å². The van der Waals surface area contributed by atoms with Gasteiger partial charge in [-0.3, -0.25) is 0 Å². The van der Waals surface area contributed by atoms with Crippen LogP contribution in [0.1, 0.15) is 18.4 Å². The lowest BCUT2D eigenvalue weighted by atomic mass is 10.0. The van der Waals surface area contributed by atoms with Gasteiger partial charge in [0.05, 0.1) is 7.11 Å². The first-order chi connectivity index (χ1) is 6.19. The van der Waals surface area contributed by atoms with Crippen LogP contribution in [0.15, 0.2) is 30.9 Å². The molecule has 0 bridgehead atoms. The van der Waals surface area contributed by atoms with E-state index in [0.717, 1.165) is 5.56 Å². The van der Waals surface area contributed by atoms with Crippen LogP contribution in [0.25, 0.3) is 0 Å². The van der Waals surface area contributed by atoms with Gasteiger partial charge in [-0.1, -0.05) is 13.0 Å². The smallest absolute Gasteiger partial charge is 0.123 e. The molecule has 0 fully saturated rings. The number of hydrogen-bond acceptors (Lipinski definition) is 1. The predicted octanol–water partition coefficient (Wildman–Crippen LogP) is 3.12. The van der Waals surface area contributed by atoms with Gasteiger partial charge >= 0.3 is 0 Å². The second-order valence-corrected chi connectivity index (χ2v) is 2.91. The summed E-state index contributed by atoms with van der Waals surface area (Å²) >= 11 is 0. The first-order valence-corrected chi connectivity index (χ1v) is 4.15. The van der Waals surface area contributed by atoms with E-state index >= 15 is 0 Å². The molecule has 0 aliphatic heterocycles. The van der Waals surface area contributed by atoms with Crippen molar-refractivity contribution in [2.75, 3.05) is 7.11 Å². The van der Waals surface area contributed by atoms with Gasteiger partial charge in [0.25, 0.3) is 0 Å². The summed E-state index contributed by atoms with van der Waals surface area (Å²) in [5, 5.41) is 0. The Morgan fingerprint density at radius 1 is 1.54 bits per heavy atom. The van der Waals surface area contributed by atoms with E-state index in [1.807, 2.05) is 6.92 Å². The molecule has 1 aromatic rings. The van der Waals surface area contributed by atoms with E-state index in [1.165, 1.54) is 12.1 Å². The Morgan fingerprint density at radius 2 is 2.23 bits per heavy atom. The predicted molar refractivity (Wildman–Crippen MR) is 51.6 cm³/mol. The maximum absolute atomic E-state index is 12.9. The summed E-state index contributed by atoms with van der Waals surface area (Å²) in [5.41, 5.74) is 0.831. The molecule has 0 aliphatic rings. The molecule has 0 amide bonds. The van der Waals surface area contributed by atoms with Crippen molar-refractivity contribution in [1.82, 2.24) is 0 Å². The van der Waals surface area contributed by atoms with Gasteiger partial charge in [-0.05, 0) is 18.2 Å². The Hall–Kier alpha value is -1.31. The van der Waals surface area contributed by atoms with Crippen LogP contribution < -0.4 is 4.74 Å². The number of allylic oxidation sites excluding steroid dienone is 1. The minimum absolute atomic E-state index is 0.102. The van der Waals surface area contributed by atoms with E-state index < -0.39 is 0 Å². The molecule has 0 saturated heterocycles. The molecule has 1 unspecified atom stereocenters. The number of hydrogen-bond donors (Lipinski definition) is 0. The summed E-state index contributed by atoms with van der Waals surface area (Å²) in [6.07, 6.45) is 1.76. The lowest BCUT2D eigenvalue weighted by Crippen LogP contribution is -1.95. The maximum Gasteiger partial charge on any atom is 0.123 e. The molecule has 1 atom stereocenters. The first kappa shape index (κ1) is 9.78. The summed E-state index contributed by atoms with van der Waals surface area (Å²) in [7, 11) is 1.58. The van der Waals surface area contributed by atoms with Crippen molar-refractivity contribution in [2.24, 2.45) is 0 Å². The first-order valence-electron chi connectivity index (χ1n) is 4.15. The quantitative estimate of drug-likeness (QED) is 0.649. The monoisotopic (exact) mass is 180 g/mol. The molecule has 2 heteroatoms. The average molecular weight is 180 g/mol. The fraction of sp³-hybridized carbons (Fsp3) is 0.273. The van der Waals surface area contributed by atoms with Gasteiger partial charge < -0.3 is 4.74 Å². The fourth-order valence-corrected chi connectivity index (χ4v) is 1.19. The van der Waals surface area contributed by atoms with Crippen molar-refractivity contribution < 1.29 is 9.13 Å². The van der Waals surface area contributed by atoms with Crippen LogP contribution in [0.4, 0.5) is 4.39 Å². The minimum atomic E-state index is -0.246. The molecule has 0 radical (unpaired) electrons. The second-order valence-electron chi connectivity index (χ2n) is 2.91. The number of halogens is 1. The minimum Gasteiger partial charge on any atom is -0.496 e. The molecule has 70 valence electrons. The molecule has 13 heavy (non-hydrogen) atoms. The Morgan fingerprint density at radius 3 is 2.77 bits per heavy atom. The molecule has 1 rings (SSSR count). The van der Waals surface area contributed by atoms with Crippen LogP contribution in [0.5, 0.6) is 5.75 Å². The van der Waals surface area contributed by atoms with E-state index in [0.29, 0.717) is 5.75 Å². The van der Waals surface area contributed by atoms with Gasteiger partial charge in [0, 0.05) is 11.5 Å². The van der Waals surface area contributed by atoms with Gasteiger partial charge in [-0.25, -0.2) is 4.39 Å². The molecule has 1 nitrogen and oxygen atoms in total. The zero-order chi connectivity index (χ0) is 9.84. The summed E-state index contributed by atoms with van der Waals surface area (Å²) in [5.74, 6) is 0.559. The van der Waals surface area contributed by atoms with E-state index in [2.05, 4.69) is 6.58 Å². The molecule has 0 aliphatic carbocycles. The Labute approximate surface area is 77.8 Å². The third-order valence-corrected chi connectivity index (χ3v) is 2.04. The molecule has 0 spiro atoms. The van der Waals surface area contributed by atoms with Crippen molar-refractivity contribution in [2.45, 2.75) is 12.8 Å². The van der Waals surface area contributed by atoms with Gasteiger partial charge in [0.1, 0.15) is 11.6 Å². The standard InChI is InChI=1S/C11H13FO/c1-4-8(2)10-7-9(12)5-6-11(10)13-3/h4-8H,1H2,2-3H3. The Balaban J connectivity index is 3.14. The molecule has 0 N–H and O–H groups in total. The SMILES string of the molecule is C=CC(C)c1cc(F)ccc1OC. The van der Waals surface area contributed by atoms with Crippen LogP contribution in [0, 0.1) is 5.82 Å². The van der Waals surface area contributed by atoms with Gasteiger partial charge in [0.2, 0.25) is 0 Å². The number of ether oxygens (including phenoxy) is 1. The lowest BCUT2D eigenvalue weighted by Gasteiger charge is -2.11. The van der Waals surface area contributed by atoms with Crippen molar-refractivity contribution >= 4 is 0 Å². The fourth-order valence-electron chi connectivity index (χ4n) is 1.19. The van der Waals surface area contributed by atoms with Crippen molar-refractivity contribution in [3.8, 4) is 5.75 Å².